The predicted molar refractivity (Wildman–Crippen MR) is 118 cm³/mol. The molecule has 0 saturated carbocycles. The number of ether oxygens (including phenoxy) is 2. The molecule has 5 heteroatoms. The molecule has 0 bridgehead atoms. The number of fused-ring (bicyclic) bond motifs is 1. The summed E-state index contributed by atoms with van der Waals surface area (Å²) in [7, 11) is 3.29. The molecule has 1 aromatic heterocycles. The van der Waals surface area contributed by atoms with Gasteiger partial charge in [0.1, 0.15) is 0 Å². The molecular formula is C24H30N2O3. The predicted octanol–water partition coefficient (Wildman–Crippen LogP) is 4.57. The maximum atomic E-state index is 12.7. The molecule has 0 amide bonds. The second kappa shape index (κ2) is 9.14. The molecular weight excluding hydrogens is 364 g/mol. The van der Waals surface area contributed by atoms with Gasteiger partial charge in [-0.15, -0.1) is 0 Å². The van der Waals surface area contributed by atoms with Gasteiger partial charge < -0.3 is 14.5 Å². The van der Waals surface area contributed by atoms with E-state index in [1.165, 1.54) is 0 Å². The van der Waals surface area contributed by atoms with Gasteiger partial charge in [-0.2, -0.15) is 0 Å². The van der Waals surface area contributed by atoms with E-state index >= 15 is 0 Å². The molecule has 0 aliphatic carbocycles. The minimum Gasteiger partial charge on any atom is -0.493 e. The molecule has 0 atom stereocenters. The number of pyridine rings is 1. The van der Waals surface area contributed by atoms with Gasteiger partial charge in [0.2, 0.25) is 0 Å². The van der Waals surface area contributed by atoms with Gasteiger partial charge in [0.05, 0.1) is 19.7 Å². The second-order valence-electron chi connectivity index (χ2n) is 7.56. The van der Waals surface area contributed by atoms with Gasteiger partial charge in [-0.3, -0.25) is 9.69 Å². The molecule has 5 nitrogen and oxygen atoms in total. The highest BCUT2D eigenvalue weighted by Gasteiger charge is 2.12. The average Bonchev–Trinajstić information content (AvgIpc) is 2.69. The number of aromatic nitrogens is 1. The van der Waals surface area contributed by atoms with E-state index in [1.807, 2.05) is 32.0 Å². The van der Waals surface area contributed by atoms with Crippen LogP contribution in [0.4, 0.5) is 0 Å². The summed E-state index contributed by atoms with van der Waals surface area (Å²) in [6.45, 7) is 8.61. The van der Waals surface area contributed by atoms with Crippen molar-refractivity contribution in [3.05, 3.63) is 69.0 Å². The number of rotatable bonds is 8. The summed E-state index contributed by atoms with van der Waals surface area (Å²) < 4.78 is 10.8. The summed E-state index contributed by atoms with van der Waals surface area (Å²) in [6.07, 6.45) is 1.03. The molecule has 0 saturated heterocycles. The van der Waals surface area contributed by atoms with Crippen molar-refractivity contribution in [1.29, 1.82) is 0 Å². The number of hydrogen-bond acceptors (Lipinski definition) is 4. The number of benzene rings is 2. The molecule has 1 N–H and O–H groups in total. The van der Waals surface area contributed by atoms with Crippen molar-refractivity contribution in [2.45, 2.75) is 40.3 Å². The first-order valence-corrected chi connectivity index (χ1v) is 10.0. The molecule has 3 rings (SSSR count). The summed E-state index contributed by atoms with van der Waals surface area (Å²) >= 11 is 0. The van der Waals surface area contributed by atoms with E-state index in [0.717, 1.165) is 64.3 Å². The fraction of sp³-hybridized carbons (Fsp3) is 0.375. The first kappa shape index (κ1) is 20.9. The lowest BCUT2D eigenvalue weighted by Gasteiger charge is -2.22. The van der Waals surface area contributed by atoms with Gasteiger partial charge in [0, 0.05) is 30.2 Å². The molecule has 0 fully saturated rings. The molecule has 1 heterocycles. The Balaban J connectivity index is 1.88. The van der Waals surface area contributed by atoms with E-state index in [1.54, 1.807) is 20.3 Å². The van der Waals surface area contributed by atoms with Crippen LogP contribution < -0.4 is 14.9 Å². The molecule has 3 aromatic rings. The molecule has 0 unspecified atom stereocenters. The van der Waals surface area contributed by atoms with Crippen LogP contribution in [0.2, 0.25) is 0 Å². The van der Waals surface area contributed by atoms with Crippen molar-refractivity contribution in [2.75, 3.05) is 20.8 Å². The first-order chi connectivity index (χ1) is 13.9. The maximum Gasteiger partial charge on any atom is 0.189 e. The van der Waals surface area contributed by atoms with Gasteiger partial charge in [-0.1, -0.05) is 19.1 Å². The SMILES string of the molecule is CCCN(Cc1ccc(OC)c(OC)c1)Cc1cc(=O)c2cc(C)cc(C)c2[nH]1. The van der Waals surface area contributed by atoms with Gasteiger partial charge in [0.15, 0.2) is 16.9 Å². The Bertz CT molecular complexity index is 1060. The zero-order valence-electron chi connectivity index (χ0n) is 18.0. The lowest BCUT2D eigenvalue weighted by molar-refractivity contribution is 0.254. The number of nitrogens with one attached hydrogen (secondary N) is 1. The van der Waals surface area contributed by atoms with Crippen LogP contribution in [0.5, 0.6) is 11.5 Å². The highest BCUT2D eigenvalue weighted by molar-refractivity contribution is 5.82. The maximum absolute atomic E-state index is 12.7. The van der Waals surface area contributed by atoms with E-state index in [2.05, 4.69) is 28.9 Å². The van der Waals surface area contributed by atoms with Crippen LogP contribution in [0.25, 0.3) is 10.9 Å². The largest absolute Gasteiger partial charge is 0.493 e. The van der Waals surface area contributed by atoms with Crippen molar-refractivity contribution in [3.8, 4) is 11.5 Å². The second-order valence-corrected chi connectivity index (χ2v) is 7.56. The normalized spacial score (nSPS) is 11.2. The van der Waals surface area contributed by atoms with Gasteiger partial charge in [-0.25, -0.2) is 0 Å². The Morgan fingerprint density at radius 2 is 1.72 bits per heavy atom. The zero-order valence-corrected chi connectivity index (χ0v) is 18.0. The Morgan fingerprint density at radius 1 is 0.966 bits per heavy atom. The molecule has 0 aliphatic rings. The fourth-order valence-corrected chi connectivity index (χ4v) is 3.85. The number of aryl methyl sites for hydroxylation is 2. The summed E-state index contributed by atoms with van der Waals surface area (Å²) in [5.74, 6) is 1.45. The number of hydrogen-bond donors (Lipinski definition) is 1. The van der Waals surface area contributed by atoms with Crippen LogP contribution in [0, 0.1) is 13.8 Å². The third-order valence-corrected chi connectivity index (χ3v) is 5.12. The van der Waals surface area contributed by atoms with Crippen molar-refractivity contribution >= 4 is 10.9 Å². The lowest BCUT2D eigenvalue weighted by atomic mass is 10.1. The van der Waals surface area contributed by atoms with Crippen molar-refractivity contribution in [2.24, 2.45) is 0 Å². The Hall–Kier alpha value is -2.79. The van der Waals surface area contributed by atoms with Crippen LogP contribution >= 0.6 is 0 Å². The molecule has 2 aromatic carbocycles. The monoisotopic (exact) mass is 394 g/mol. The highest BCUT2D eigenvalue weighted by atomic mass is 16.5. The van der Waals surface area contributed by atoms with Crippen LogP contribution in [0.15, 0.2) is 41.2 Å². The lowest BCUT2D eigenvalue weighted by Crippen LogP contribution is -2.25. The van der Waals surface area contributed by atoms with E-state index in [-0.39, 0.29) is 5.43 Å². The van der Waals surface area contributed by atoms with Crippen LogP contribution in [0.3, 0.4) is 0 Å². The Kier molecular flexibility index (Phi) is 6.60. The number of aromatic amines is 1. The minimum absolute atomic E-state index is 0.0723. The fourth-order valence-electron chi connectivity index (χ4n) is 3.85. The quantitative estimate of drug-likeness (QED) is 0.608. The zero-order chi connectivity index (χ0) is 21.0. The molecule has 154 valence electrons. The van der Waals surface area contributed by atoms with Gasteiger partial charge in [0.25, 0.3) is 0 Å². The molecule has 0 spiro atoms. The van der Waals surface area contributed by atoms with Crippen LogP contribution in [0.1, 0.15) is 35.7 Å². The molecule has 0 radical (unpaired) electrons. The number of methoxy groups -OCH3 is 2. The van der Waals surface area contributed by atoms with Crippen molar-refractivity contribution in [1.82, 2.24) is 9.88 Å². The third-order valence-electron chi connectivity index (χ3n) is 5.12. The van der Waals surface area contributed by atoms with Crippen LogP contribution in [-0.4, -0.2) is 30.6 Å². The van der Waals surface area contributed by atoms with Crippen molar-refractivity contribution in [3.63, 3.8) is 0 Å². The summed E-state index contributed by atoms with van der Waals surface area (Å²) in [5, 5.41) is 0.758. The van der Waals surface area contributed by atoms with E-state index in [4.69, 9.17) is 9.47 Å². The van der Waals surface area contributed by atoms with E-state index in [9.17, 15) is 4.79 Å². The summed E-state index contributed by atoms with van der Waals surface area (Å²) in [6, 6.07) is 11.8. The summed E-state index contributed by atoms with van der Waals surface area (Å²) in [4.78, 5) is 18.5. The Morgan fingerprint density at radius 3 is 2.41 bits per heavy atom. The topological polar surface area (TPSA) is 54.6 Å². The number of nitrogens with zero attached hydrogens (tertiary/aromatic N) is 1. The van der Waals surface area contributed by atoms with E-state index < -0.39 is 0 Å². The number of H-pyrrole nitrogens is 1. The minimum atomic E-state index is 0.0723. The van der Waals surface area contributed by atoms with Crippen molar-refractivity contribution < 1.29 is 9.47 Å². The standard InChI is InChI=1S/C24H30N2O3/c1-6-9-26(14-18-7-8-22(28-4)23(12-18)29-5)15-19-13-21(27)20-11-16(2)10-17(3)24(20)25-19/h7-8,10-13H,6,9,14-15H2,1-5H3,(H,25,27). The van der Waals surface area contributed by atoms with Gasteiger partial charge >= 0.3 is 0 Å². The van der Waals surface area contributed by atoms with Gasteiger partial charge in [-0.05, 0) is 61.7 Å². The Labute approximate surface area is 172 Å². The van der Waals surface area contributed by atoms with E-state index in [0.29, 0.717) is 6.54 Å². The van der Waals surface area contributed by atoms with Crippen LogP contribution in [-0.2, 0) is 13.1 Å². The molecule has 0 aliphatic heterocycles. The smallest absolute Gasteiger partial charge is 0.189 e. The first-order valence-electron chi connectivity index (χ1n) is 10.0. The molecule has 29 heavy (non-hydrogen) atoms. The third kappa shape index (κ3) is 4.80. The average molecular weight is 395 g/mol. The highest BCUT2D eigenvalue weighted by Crippen LogP contribution is 2.28. The summed E-state index contributed by atoms with van der Waals surface area (Å²) in [5.41, 5.74) is 5.29.